The van der Waals surface area contributed by atoms with Crippen molar-refractivity contribution in [2.75, 3.05) is 0 Å². The molecule has 1 N–H and O–H groups in total. The van der Waals surface area contributed by atoms with Crippen molar-refractivity contribution in [2.45, 2.75) is 13.5 Å². The number of halogens is 1. The molecule has 0 aliphatic rings. The molecule has 22 heavy (non-hydrogen) atoms. The first-order valence-corrected chi connectivity index (χ1v) is 7.54. The first-order valence-electron chi connectivity index (χ1n) is 6.67. The van der Waals surface area contributed by atoms with E-state index in [0.29, 0.717) is 34.1 Å². The minimum Gasteiger partial charge on any atom is -0.469 e. The summed E-state index contributed by atoms with van der Waals surface area (Å²) in [7, 11) is 0. The maximum absolute atomic E-state index is 13.7. The van der Waals surface area contributed by atoms with Gasteiger partial charge in [-0.3, -0.25) is 4.79 Å². The Labute approximate surface area is 130 Å². The van der Waals surface area contributed by atoms with Crippen LogP contribution >= 0.6 is 11.3 Å². The number of aromatic nitrogens is 1. The molecule has 1 amide bonds. The third kappa shape index (κ3) is 2.92. The monoisotopic (exact) mass is 316 g/mol. The zero-order valence-electron chi connectivity index (χ0n) is 11.8. The Balaban J connectivity index is 1.69. The van der Waals surface area contributed by atoms with Crippen molar-refractivity contribution in [3.8, 4) is 11.3 Å². The highest BCUT2D eigenvalue weighted by molar-refractivity contribution is 7.09. The van der Waals surface area contributed by atoms with Gasteiger partial charge in [0.05, 0.1) is 24.1 Å². The summed E-state index contributed by atoms with van der Waals surface area (Å²) in [5.41, 5.74) is 1.54. The average molecular weight is 316 g/mol. The van der Waals surface area contributed by atoms with Crippen LogP contribution in [0.2, 0.25) is 0 Å². The third-order valence-corrected chi connectivity index (χ3v) is 4.05. The zero-order valence-corrected chi connectivity index (χ0v) is 12.6. The number of nitrogens with one attached hydrogen (secondary N) is 1. The van der Waals surface area contributed by atoms with E-state index in [1.54, 1.807) is 36.6 Å². The predicted octanol–water partition coefficient (Wildman–Crippen LogP) is 3.78. The van der Waals surface area contributed by atoms with Gasteiger partial charge in [0, 0.05) is 10.9 Å². The van der Waals surface area contributed by atoms with Gasteiger partial charge >= 0.3 is 0 Å². The average Bonchev–Trinajstić information content (AvgIpc) is 3.14. The molecule has 0 aliphatic carbocycles. The number of rotatable bonds is 4. The van der Waals surface area contributed by atoms with Crippen LogP contribution in [0.5, 0.6) is 0 Å². The molecule has 0 radical (unpaired) electrons. The molecule has 0 saturated heterocycles. The van der Waals surface area contributed by atoms with Crippen LogP contribution in [0.4, 0.5) is 4.39 Å². The van der Waals surface area contributed by atoms with Crippen LogP contribution in [0.15, 0.2) is 46.4 Å². The van der Waals surface area contributed by atoms with E-state index in [1.807, 2.05) is 0 Å². The van der Waals surface area contributed by atoms with Crippen LogP contribution in [-0.4, -0.2) is 10.9 Å². The molecule has 3 aromatic rings. The highest BCUT2D eigenvalue weighted by Crippen LogP contribution is 2.24. The summed E-state index contributed by atoms with van der Waals surface area (Å²) >= 11 is 1.38. The predicted molar refractivity (Wildman–Crippen MR) is 82.1 cm³/mol. The Kier molecular flexibility index (Phi) is 4.02. The Morgan fingerprint density at radius 3 is 2.91 bits per heavy atom. The van der Waals surface area contributed by atoms with Gasteiger partial charge in [0.1, 0.15) is 16.6 Å². The van der Waals surface area contributed by atoms with E-state index in [-0.39, 0.29) is 11.7 Å². The Morgan fingerprint density at radius 1 is 1.36 bits per heavy atom. The van der Waals surface area contributed by atoms with Crippen LogP contribution in [0.1, 0.15) is 21.1 Å². The van der Waals surface area contributed by atoms with Crippen molar-refractivity contribution in [1.29, 1.82) is 0 Å². The molecule has 3 rings (SSSR count). The van der Waals surface area contributed by atoms with Crippen molar-refractivity contribution in [3.63, 3.8) is 0 Å². The van der Waals surface area contributed by atoms with Crippen molar-refractivity contribution >= 4 is 17.2 Å². The second kappa shape index (κ2) is 6.11. The molecule has 0 atom stereocenters. The highest BCUT2D eigenvalue weighted by Gasteiger charge is 2.13. The fourth-order valence-corrected chi connectivity index (χ4v) is 2.79. The number of aryl methyl sites for hydroxylation is 1. The lowest BCUT2D eigenvalue weighted by atomic mass is 10.2. The first-order chi connectivity index (χ1) is 10.6. The van der Waals surface area contributed by atoms with Gasteiger partial charge in [-0.1, -0.05) is 12.1 Å². The number of carbonyl (C=O) groups excluding carboxylic acids is 1. The molecule has 6 heteroatoms. The lowest BCUT2D eigenvalue weighted by Gasteiger charge is -2.01. The molecular formula is C16H13FN2O2S. The van der Waals surface area contributed by atoms with E-state index in [2.05, 4.69) is 10.3 Å². The molecule has 0 bridgehead atoms. The van der Waals surface area contributed by atoms with E-state index in [1.165, 1.54) is 23.7 Å². The van der Waals surface area contributed by atoms with Crippen molar-refractivity contribution in [2.24, 2.45) is 0 Å². The third-order valence-electron chi connectivity index (χ3n) is 3.21. The van der Waals surface area contributed by atoms with E-state index >= 15 is 0 Å². The van der Waals surface area contributed by atoms with Gasteiger partial charge in [-0.2, -0.15) is 0 Å². The fourth-order valence-electron chi connectivity index (χ4n) is 2.06. The molecule has 4 nitrogen and oxygen atoms in total. The van der Waals surface area contributed by atoms with Gasteiger partial charge in [-0.25, -0.2) is 9.37 Å². The van der Waals surface area contributed by atoms with Crippen molar-refractivity contribution < 1.29 is 13.6 Å². The van der Waals surface area contributed by atoms with Gasteiger partial charge in [0.15, 0.2) is 0 Å². The molecule has 112 valence electrons. The van der Waals surface area contributed by atoms with Gasteiger partial charge in [-0.15, -0.1) is 11.3 Å². The van der Waals surface area contributed by atoms with E-state index in [4.69, 9.17) is 4.42 Å². The number of hydrogen-bond acceptors (Lipinski definition) is 4. The number of nitrogens with zero attached hydrogens (tertiary/aromatic N) is 1. The Morgan fingerprint density at radius 2 is 2.18 bits per heavy atom. The van der Waals surface area contributed by atoms with Gasteiger partial charge < -0.3 is 9.73 Å². The van der Waals surface area contributed by atoms with Crippen molar-refractivity contribution in [3.05, 3.63) is 64.1 Å². The second-order valence-electron chi connectivity index (χ2n) is 4.68. The molecular weight excluding hydrogens is 303 g/mol. The quantitative estimate of drug-likeness (QED) is 0.797. The van der Waals surface area contributed by atoms with Crippen molar-refractivity contribution in [1.82, 2.24) is 10.3 Å². The van der Waals surface area contributed by atoms with Crippen LogP contribution < -0.4 is 5.32 Å². The van der Waals surface area contributed by atoms with Gasteiger partial charge in [0.25, 0.3) is 5.91 Å². The van der Waals surface area contributed by atoms with E-state index in [0.717, 1.165) is 0 Å². The van der Waals surface area contributed by atoms with Crippen LogP contribution in [0, 0.1) is 12.7 Å². The maximum atomic E-state index is 13.7. The summed E-state index contributed by atoms with van der Waals surface area (Å²) in [4.78, 5) is 16.3. The summed E-state index contributed by atoms with van der Waals surface area (Å²) in [5.74, 6) is 0.0509. The fraction of sp³-hybridized carbons (Fsp3) is 0.125. The maximum Gasteiger partial charge on any atom is 0.255 e. The minimum atomic E-state index is -0.308. The molecule has 0 aliphatic heterocycles. The summed E-state index contributed by atoms with van der Waals surface area (Å²) in [6.07, 6.45) is 1.48. The summed E-state index contributed by atoms with van der Waals surface area (Å²) < 4.78 is 18.8. The number of benzene rings is 1. The number of thiazole rings is 1. The largest absolute Gasteiger partial charge is 0.469 e. The topological polar surface area (TPSA) is 55.1 Å². The first kappa shape index (κ1) is 14.5. The number of furan rings is 1. The smallest absolute Gasteiger partial charge is 0.255 e. The molecule has 2 aromatic heterocycles. The Hall–Kier alpha value is -2.47. The zero-order chi connectivity index (χ0) is 15.5. The van der Waals surface area contributed by atoms with Gasteiger partial charge in [0.2, 0.25) is 0 Å². The van der Waals surface area contributed by atoms with Crippen LogP contribution in [-0.2, 0) is 6.54 Å². The lowest BCUT2D eigenvalue weighted by molar-refractivity contribution is 0.0949. The Bertz CT molecular complexity index is 810. The van der Waals surface area contributed by atoms with Gasteiger partial charge in [-0.05, 0) is 25.1 Å². The molecule has 0 spiro atoms. The van der Waals surface area contributed by atoms with Crippen LogP contribution in [0.25, 0.3) is 11.3 Å². The van der Waals surface area contributed by atoms with Crippen LogP contribution in [0.3, 0.4) is 0 Å². The molecule has 0 unspecified atom stereocenters. The summed E-state index contributed by atoms with van der Waals surface area (Å²) in [6, 6.07) is 8.11. The number of carbonyl (C=O) groups is 1. The summed E-state index contributed by atoms with van der Waals surface area (Å²) in [5, 5.41) is 5.27. The molecule has 0 fully saturated rings. The number of hydrogen-bond donors (Lipinski definition) is 1. The lowest BCUT2D eigenvalue weighted by Crippen LogP contribution is -2.22. The second-order valence-corrected chi connectivity index (χ2v) is 5.62. The number of amides is 1. The minimum absolute atomic E-state index is 0.214. The SMILES string of the molecule is Cc1occc1C(=O)NCc1nc(-c2ccccc2F)cs1. The van der Waals surface area contributed by atoms with E-state index in [9.17, 15) is 9.18 Å². The molecule has 1 aromatic carbocycles. The molecule has 0 saturated carbocycles. The molecule has 2 heterocycles. The highest BCUT2D eigenvalue weighted by atomic mass is 32.1. The summed E-state index contributed by atoms with van der Waals surface area (Å²) in [6.45, 7) is 2.02. The standard InChI is InChI=1S/C16H13FN2O2S/c1-10-11(6-7-21-10)16(20)18-8-15-19-14(9-22-15)12-4-2-3-5-13(12)17/h2-7,9H,8H2,1H3,(H,18,20). The normalized spacial score (nSPS) is 10.6. The van der Waals surface area contributed by atoms with E-state index < -0.39 is 0 Å².